The maximum atomic E-state index is 11.1. The Hall–Kier alpha value is -0.610. The third-order valence-electron chi connectivity index (χ3n) is 3.47. The van der Waals surface area contributed by atoms with Crippen LogP contribution < -0.4 is 5.32 Å². The first-order chi connectivity index (χ1) is 8.06. The van der Waals surface area contributed by atoms with Gasteiger partial charge in [-0.1, -0.05) is 6.92 Å². The lowest BCUT2D eigenvalue weighted by Crippen LogP contribution is -2.43. The van der Waals surface area contributed by atoms with Crippen molar-refractivity contribution < 1.29 is 14.6 Å². The van der Waals surface area contributed by atoms with Gasteiger partial charge in [-0.2, -0.15) is 0 Å². The Morgan fingerprint density at radius 3 is 2.71 bits per heavy atom. The molecule has 4 heteroatoms. The van der Waals surface area contributed by atoms with E-state index < -0.39 is 5.60 Å². The summed E-state index contributed by atoms with van der Waals surface area (Å²) in [4.78, 5) is 11.1. The number of carbonyl (C=O) groups is 1. The fourth-order valence-corrected chi connectivity index (χ4v) is 2.22. The Morgan fingerprint density at radius 2 is 2.12 bits per heavy atom. The normalized spacial score (nSPS) is 29.0. The predicted octanol–water partition coefficient (Wildman–Crippen LogP) is 1.47. The van der Waals surface area contributed by atoms with E-state index in [0.29, 0.717) is 26.1 Å². The molecular weight excluding hydrogens is 218 g/mol. The summed E-state index contributed by atoms with van der Waals surface area (Å²) in [7, 11) is 0. The van der Waals surface area contributed by atoms with Crippen molar-refractivity contribution in [3.63, 3.8) is 0 Å². The van der Waals surface area contributed by atoms with Gasteiger partial charge in [-0.15, -0.1) is 0 Å². The summed E-state index contributed by atoms with van der Waals surface area (Å²) < 4.78 is 4.83. The molecule has 0 atom stereocenters. The van der Waals surface area contributed by atoms with Crippen LogP contribution >= 0.6 is 0 Å². The molecule has 1 aliphatic rings. The molecule has 0 radical (unpaired) electrons. The highest BCUT2D eigenvalue weighted by atomic mass is 16.5. The van der Waals surface area contributed by atoms with Gasteiger partial charge < -0.3 is 15.2 Å². The SMILES string of the molecule is CCOC(=O)CCNCC1(O)CCC(C)CC1. The number of nitrogens with one attached hydrogen (secondary N) is 1. The molecule has 1 rings (SSSR count). The van der Waals surface area contributed by atoms with Crippen LogP contribution in [0, 0.1) is 5.92 Å². The van der Waals surface area contributed by atoms with Crippen molar-refractivity contribution >= 4 is 5.97 Å². The smallest absolute Gasteiger partial charge is 0.307 e. The molecule has 1 aliphatic carbocycles. The third kappa shape index (κ3) is 5.50. The highest BCUT2D eigenvalue weighted by molar-refractivity contribution is 5.69. The first-order valence-corrected chi connectivity index (χ1v) is 6.64. The van der Waals surface area contributed by atoms with Gasteiger partial charge in [0.1, 0.15) is 0 Å². The second-order valence-corrected chi connectivity index (χ2v) is 5.14. The molecule has 2 N–H and O–H groups in total. The minimum atomic E-state index is -0.568. The van der Waals surface area contributed by atoms with E-state index in [9.17, 15) is 9.90 Å². The average Bonchev–Trinajstić information content (AvgIpc) is 2.30. The molecule has 0 aliphatic heterocycles. The summed E-state index contributed by atoms with van der Waals surface area (Å²) >= 11 is 0. The van der Waals surface area contributed by atoms with Crippen LogP contribution in [-0.4, -0.2) is 36.4 Å². The lowest BCUT2D eigenvalue weighted by atomic mass is 9.79. The molecule has 0 bridgehead atoms. The summed E-state index contributed by atoms with van der Waals surface area (Å²) in [6.45, 7) is 5.63. The first-order valence-electron chi connectivity index (χ1n) is 6.64. The zero-order valence-electron chi connectivity index (χ0n) is 11.0. The van der Waals surface area contributed by atoms with E-state index in [2.05, 4.69) is 12.2 Å². The van der Waals surface area contributed by atoms with Crippen LogP contribution in [0.1, 0.15) is 46.0 Å². The number of rotatable bonds is 6. The summed E-state index contributed by atoms with van der Waals surface area (Å²) in [5.41, 5.74) is -0.568. The molecule has 0 aromatic carbocycles. The van der Waals surface area contributed by atoms with Gasteiger partial charge in [-0.25, -0.2) is 0 Å². The Labute approximate surface area is 104 Å². The summed E-state index contributed by atoms with van der Waals surface area (Å²) in [6, 6.07) is 0. The minimum Gasteiger partial charge on any atom is -0.466 e. The molecule has 0 aromatic heterocycles. The first kappa shape index (κ1) is 14.5. The maximum Gasteiger partial charge on any atom is 0.307 e. The molecule has 1 fully saturated rings. The predicted molar refractivity (Wildman–Crippen MR) is 66.7 cm³/mol. The fraction of sp³-hybridized carbons (Fsp3) is 0.923. The Morgan fingerprint density at radius 1 is 1.47 bits per heavy atom. The Kier molecular flexibility index (Phi) is 5.92. The lowest BCUT2D eigenvalue weighted by Gasteiger charge is -2.35. The van der Waals surface area contributed by atoms with Gasteiger partial charge in [0.2, 0.25) is 0 Å². The third-order valence-corrected chi connectivity index (χ3v) is 3.47. The number of aliphatic hydroxyl groups is 1. The van der Waals surface area contributed by atoms with Gasteiger partial charge in [0.25, 0.3) is 0 Å². The molecule has 1 saturated carbocycles. The molecular formula is C13H25NO3. The van der Waals surface area contributed by atoms with Gasteiger partial charge in [0.15, 0.2) is 0 Å². The van der Waals surface area contributed by atoms with Crippen LogP contribution in [0.5, 0.6) is 0 Å². The summed E-state index contributed by atoms with van der Waals surface area (Å²) in [5.74, 6) is 0.555. The summed E-state index contributed by atoms with van der Waals surface area (Å²) in [6.07, 6.45) is 4.29. The monoisotopic (exact) mass is 243 g/mol. The van der Waals surface area contributed by atoms with Crippen molar-refractivity contribution in [2.45, 2.75) is 51.6 Å². The quantitative estimate of drug-likeness (QED) is 0.548. The molecule has 0 amide bonds. The summed E-state index contributed by atoms with van der Waals surface area (Å²) in [5, 5.41) is 13.4. The van der Waals surface area contributed by atoms with Crippen LogP contribution in [0.25, 0.3) is 0 Å². The number of hydrogen-bond acceptors (Lipinski definition) is 4. The van der Waals surface area contributed by atoms with Crippen LogP contribution in [0.4, 0.5) is 0 Å². The highest BCUT2D eigenvalue weighted by Crippen LogP contribution is 2.31. The molecule has 0 spiro atoms. The van der Waals surface area contributed by atoms with Crippen molar-refractivity contribution in [3.05, 3.63) is 0 Å². The molecule has 0 heterocycles. The van der Waals surface area contributed by atoms with E-state index in [1.54, 1.807) is 6.92 Å². The van der Waals surface area contributed by atoms with E-state index in [0.717, 1.165) is 31.6 Å². The number of hydrogen-bond donors (Lipinski definition) is 2. The Balaban J connectivity index is 2.11. The van der Waals surface area contributed by atoms with Gasteiger partial charge in [-0.05, 0) is 38.5 Å². The number of esters is 1. The van der Waals surface area contributed by atoms with E-state index in [1.165, 1.54) is 0 Å². The lowest BCUT2D eigenvalue weighted by molar-refractivity contribution is -0.143. The molecule has 0 saturated heterocycles. The van der Waals surface area contributed by atoms with E-state index >= 15 is 0 Å². The van der Waals surface area contributed by atoms with Gasteiger partial charge in [0.05, 0.1) is 18.6 Å². The van der Waals surface area contributed by atoms with Crippen molar-refractivity contribution in [2.75, 3.05) is 19.7 Å². The molecule has 0 aromatic rings. The van der Waals surface area contributed by atoms with Crippen LogP contribution in [0.3, 0.4) is 0 Å². The number of carbonyl (C=O) groups excluding carboxylic acids is 1. The van der Waals surface area contributed by atoms with E-state index in [1.807, 2.05) is 0 Å². The van der Waals surface area contributed by atoms with Crippen LogP contribution in [-0.2, 0) is 9.53 Å². The number of ether oxygens (including phenoxy) is 1. The average molecular weight is 243 g/mol. The fourth-order valence-electron chi connectivity index (χ4n) is 2.22. The zero-order valence-corrected chi connectivity index (χ0v) is 11.0. The molecule has 100 valence electrons. The van der Waals surface area contributed by atoms with E-state index in [-0.39, 0.29) is 5.97 Å². The molecule has 0 unspecified atom stereocenters. The van der Waals surface area contributed by atoms with Crippen LogP contribution in [0.15, 0.2) is 0 Å². The highest BCUT2D eigenvalue weighted by Gasteiger charge is 2.31. The van der Waals surface area contributed by atoms with Crippen molar-refractivity contribution in [1.29, 1.82) is 0 Å². The van der Waals surface area contributed by atoms with Crippen molar-refractivity contribution in [3.8, 4) is 0 Å². The maximum absolute atomic E-state index is 11.1. The van der Waals surface area contributed by atoms with Crippen molar-refractivity contribution in [1.82, 2.24) is 5.32 Å². The topological polar surface area (TPSA) is 58.6 Å². The van der Waals surface area contributed by atoms with Crippen LogP contribution in [0.2, 0.25) is 0 Å². The molecule has 4 nitrogen and oxygen atoms in total. The molecule has 17 heavy (non-hydrogen) atoms. The van der Waals surface area contributed by atoms with Gasteiger partial charge in [0, 0.05) is 13.1 Å². The zero-order chi connectivity index (χ0) is 12.7. The largest absolute Gasteiger partial charge is 0.466 e. The van der Waals surface area contributed by atoms with E-state index in [4.69, 9.17) is 4.74 Å². The second-order valence-electron chi connectivity index (χ2n) is 5.14. The Bertz CT molecular complexity index is 235. The van der Waals surface area contributed by atoms with Crippen molar-refractivity contribution in [2.24, 2.45) is 5.92 Å². The minimum absolute atomic E-state index is 0.177. The second kappa shape index (κ2) is 6.97. The van der Waals surface area contributed by atoms with Gasteiger partial charge >= 0.3 is 5.97 Å². The standard InChI is InChI=1S/C13H25NO3/c1-3-17-12(15)6-9-14-10-13(16)7-4-11(2)5-8-13/h11,14,16H,3-10H2,1-2H3. The van der Waals surface area contributed by atoms with Gasteiger partial charge in [-0.3, -0.25) is 4.79 Å².